The molecule has 0 bridgehead atoms. The van der Waals surface area contributed by atoms with E-state index in [4.69, 9.17) is 5.26 Å². The Hall–Kier alpha value is -0.360. The Bertz CT molecular complexity index is 142. The number of hydrogen-bond acceptors (Lipinski definition) is 3. The smallest absolute Gasteiger partial charge is 0.179 e. The predicted octanol–water partition coefficient (Wildman–Crippen LogP) is 1.29. The fourth-order valence-electron chi connectivity index (χ4n) is 1.26. The van der Waals surface area contributed by atoms with Crippen molar-refractivity contribution in [3.05, 3.63) is 0 Å². The van der Waals surface area contributed by atoms with Crippen molar-refractivity contribution in [3.63, 3.8) is 0 Å². The lowest BCUT2D eigenvalue weighted by Gasteiger charge is -2.30. The van der Waals surface area contributed by atoms with Crippen molar-refractivity contribution in [2.45, 2.75) is 24.3 Å². The van der Waals surface area contributed by atoms with Gasteiger partial charge in [-0.2, -0.15) is 17.0 Å². The Morgan fingerprint density at radius 2 is 1.90 bits per heavy atom. The van der Waals surface area contributed by atoms with E-state index in [1.54, 1.807) is 0 Å². The summed E-state index contributed by atoms with van der Waals surface area (Å²) in [6.45, 7) is 6.19. The molecule has 10 heavy (non-hydrogen) atoms. The third-order valence-electron chi connectivity index (χ3n) is 1.56. The molecule has 0 aromatic rings. The summed E-state index contributed by atoms with van der Waals surface area (Å²) in [6.07, 6.45) is 2.18. The highest BCUT2D eigenvalue weighted by atomic mass is 32.2. The summed E-state index contributed by atoms with van der Waals surface area (Å²) in [7, 11) is 0. The molecular weight excluding hydrogens is 144 g/mol. The molecule has 0 aromatic carbocycles. The van der Waals surface area contributed by atoms with Crippen LogP contribution in [0.25, 0.3) is 0 Å². The summed E-state index contributed by atoms with van der Waals surface area (Å²) in [4.78, 5) is 1.84. The van der Waals surface area contributed by atoms with Crippen LogP contribution >= 0.6 is 11.8 Å². The van der Waals surface area contributed by atoms with Gasteiger partial charge in [0.15, 0.2) is 6.19 Å². The Kier molecular flexibility index (Phi) is 2.44. The van der Waals surface area contributed by atoms with E-state index >= 15 is 0 Å². The van der Waals surface area contributed by atoms with E-state index in [-0.39, 0.29) is 0 Å². The van der Waals surface area contributed by atoms with E-state index in [9.17, 15) is 0 Å². The third-order valence-corrected chi connectivity index (χ3v) is 2.79. The summed E-state index contributed by atoms with van der Waals surface area (Å²) >= 11 is 1.97. The Morgan fingerprint density at radius 3 is 2.30 bits per heavy atom. The van der Waals surface area contributed by atoms with Crippen LogP contribution in [0.4, 0.5) is 0 Å². The van der Waals surface area contributed by atoms with E-state index in [1.807, 2.05) is 16.7 Å². The zero-order valence-corrected chi connectivity index (χ0v) is 7.19. The largest absolute Gasteiger partial charge is 0.308 e. The summed E-state index contributed by atoms with van der Waals surface area (Å²) < 4.78 is 0. The molecule has 1 fully saturated rings. The summed E-state index contributed by atoms with van der Waals surface area (Å²) in [6, 6.07) is 0. The van der Waals surface area contributed by atoms with Gasteiger partial charge in [-0.1, -0.05) is 13.8 Å². The minimum absolute atomic E-state index is 0.614. The molecule has 1 heterocycles. The highest BCUT2D eigenvalue weighted by molar-refractivity contribution is 8.00. The van der Waals surface area contributed by atoms with Crippen molar-refractivity contribution >= 4 is 11.8 Å². The molecule has 0 amide bonds. The van der Waals surface area contributed by atoms with Crippen LogP contribution in [-0.2, 0) is 0 Å². The van der Waals surface area contributed by atoms with Crippen LogP contribution in [0.15, 0.2) is 0 Å². The quantitative estimate of drug-likeness (QED) is 0.494. The van der Waals surface area contributed by atoms with E-state index in [1.165, 1.54) is 0 Å². The first-order valence-corrected chi connectivity index (χ1v) is 4.47. The maximum Gasteiger partial charge on any atom is 0.179 e. The van der Waals surface area contributed by atoms with E-state index in [2.05, 4.69) is 20.0 Å². The van der Waals surface area contributed by atoms with Gasteiger partial charge in [0.05, 0.1) is 0 Å². The lowest BCUT2D eigenvalue weighted by molar-refractivity contribution is 0.385. The average molecular weight is 156 g/mol. The van der Waals surface area contributed by atoms with Gasteiger partial charge in [0.2, 0.25) is 0 Å². The zero-order valence-electron chi connectivity index (χ0n) is 6.37. The van der Waals surface area contributed by atoms with Crippen molar-refractivity contribution in [2.24, 2.45) is 0 Å². The van der Waals surface area contributed by atoms with Crippen LogP contribution < -0.4 is 0 Å². The van der Waals surface area contributed by atoms with Gasteiger partial charge in [-0.25, -0.2) is 0 Å². The molecule has 2 nitrogen and oxygen atoms in total. The molecule has 1 saturated heterocycles. The molecule has 0 N–H and O–H groups in total. The first kappa shape index (κ1) is 7.74. The van der Waals surface area contributed by atoms with Gasteiger partial charge in [0.25, 0.3) is 0 Å². The van der Waals surface area contributed by atoms with E-state index < -0.39 is 0 Å². The van der Waals surface area contributed by atoms with Gasteiger partial charge < -0.3 is 4.90 Å². The first-order valence-electron chi connectivity index (χ1n) is 3.52. The average Bonchev–Trinajstić information content (AvgIpc) is 1.85. The van der Waals surface area contributed by atoms with Crippen molar-refractivity contribution in [3.8, 4) is 6.19 Å². The number of nitriles is 1. The molecule has 0 aromatic heterocycles. The molecule has 0 saturated carbocycles. The maximum atomic E-state index is 8.59. The van der Waals surface area contributed by atoms with Gasteiger partial charge in [-0.05, 0) is 0 Å². The molecule has 2 atom stereocenters. The number of hydrogen-bond donors (Lipinski definition) is 0. The second kappa shape index (κ2) is 3.16. The van der Waals surface area contributed by atoms with E-state index in [0.29, 0.717) is 10.5 Å². The molecule has 56 valence electrons. The van der Waals surface area contributed by atoms with Crippen LogP contribution in [0.3, 0.4) is 0 Å². The number of nitrogens with zero attached hydrogens (tertiary/aromatic N) is 2. The van der Waals surface area contributed by atoms with Crippen LogP contribution in [0.5, 0.6) is 0 Å². The molecule has 0 spiro atoms. The molecular formula is C7H12N2S. The second-order valence-electron chi connectivity index (χ2n) is 2.76. The molecule has 0 radical (unpaired) electrons. The van der Waals surface area contributed by atoms with Gasteiger partial charge in [-0.15, -0.1) is 0 Å². The lowest BCUT2D eigenvalue weighted by atomic mass is 10.3. The third kappa shape index (κ3) is 1.81. The highest BCUT2D eigenvalue weighted by Crippen LogP contribution is 2.23. The molecule has 1 rings (SSSR count). The Labute approximate surface area is 66.2 Å². The van der Waals surface area contributed by atoms with Crippen molar-refractivity contribution in [1.82, 2.24) is 4.90 Å². The minimum Gasteiger partial charge on any atom is -0.308 e. The van der Waals surface area contributed by atoms with Crippen LogP contribution in [0.2, 0.25) is 0 Å². The zero-order chi connectivity index (χ0) is 7.56. The van der Waals surface area contributed by atoms with Crippen molar-refractivity contribution in [2.75, 3.05) is 13.1 Å². The maximum absolute atomic E-state index is 8.59. The van der Waals surface area contributed by atoms with Crippen molar-refractivity contribution < 1.29 is 0 Å². The lowest BCUT2D eigenvalue weighted by Crippen LogP contribution is -2.36. The Balaban J connectivity index is 2.44. The fourth-order valence-corrected chi connectivity index (χ4v) is 2.58. The SMILES string of the molecule is CC1CN(C#N)CC(C)S1. The molecule has 3 heteroatoms. The van der Waals surface area contributed by atoms with Gasteiger partial charge in [0.1, 0.15) is 0 Å². The second-order valence-corrected chi connectivity index (χ2v) is 4.64. The van der Waals surface area contributed by atoms with Crippen LogP contribution in [0.1, 0.15) is 13.8 Å². The topological polar surface area (TPSA) is 27.0 Å². The van der Waals surface area contributed by atoms with Gasteiger partial charge in [-0.3, -0.25) is 0 Å². The fraction of sp³-hybridized carbons (Fsp3) is 0.857. The standard InChI is InChI=1S/C7H12N2S/c1-6-3-9(5-8)4-7(2)10-6/h6-7H,3-4H2,1-2H3. The van der Waals surface area contributed by atoms with Crippen LogP contribution in [0, 0.1) is 11.5 Å². The minimum atomic E-state index is 0.614. The molecule has 2 unspecified atom stereocenters. The van der Waals surface area contributed by atoms with Crippen molar-refractivity contribution in [1.29, 1.82) is 5.26 Å². The molecule has 1 aliphatic heterocycles. The first-order chi connectivity index (χ1) is 4.72. The van der Waals surface area contributed by atoms with E-state index in [0.717, 1.165) is 13.1 Å². The summed E-state index contributed by atoms with van der Waals surface area (Å²) in [5, 5.41) is 9.82. The molecule has 0 aliphatic carbocycles. The number of thioether (sulfide) groups is 1. The van der Waals surface area contributed by atoms with Gasteiger partial charge >= 0.3 is 0 Å². The Morgan fingerprint density at radius 1 is 1.40 bits per heavy atom. The number of rotatable bonds is 0. The normalized spacial score (nSPS) is 33.5. The highest BCUT2D eigenvalue weighted by Gasteiger charge is 2.20. The monoisotopic (exact) mass is 156 g/mol. The molecule has 1 aliphatic rings. The summed E-state index contributed by atoms with van der Waals surface area (Å²) in [5.74, 6) is 0. The predicted molar refractivity (Wildman–Crippen MR) is 43.7 cm³/mol. The van der Waals surface area contributed by atoms with Crippen LogP contribution in [-0.4, -0.2) is 28.5 Å². The van der Waals surface area contributed by atoms with Gasteiger partial charge in [0, 0.05) is 23.6 Å². The summed E-state index contributed by atoms with van der Waals surface area (Å²) in [5.41, 5.74) is 0.